The van der Waals surface area contributed by atoms with Gasteiger partial charge in [-0.25, -0.2) is 0 Å². The fourth-order valence-electron chi connectivity index (χ4n) is 2.35. The van der Waals surface area contributed by atoms with Crippen molar-refractivity contribution in [2.45, 2.75) is 33.6 Å². The van der Waals surface area contributed by atoms with Crippen LogP contribution in [0.2, 0.25) is 0 Å². The molecule has 1 fully saturated rings. The van der Waals surface area contributed by atoms with E-state index in [2.05, 4.69) is 13.8 Å². The van der Waals surface area contributed by atoms with Crippen molar-refractivity contribution in [2.75, 3.05) is 6.61 Å². The zero-order valence-corrected chi connectivity index (χ0v) is 8.13. The van der Waals surface area contributed by atoms with Gasteiger partial charge >= 0.3 is 0 Å². The lowest BCUT2D eigenvalue weighted by Gasteiger charge is -2.51. The highest BCUT2D eigenvalue weighted by molar-refractivity contribution is 5.80. The second-order valence-corrected chi connectivity index (χ2v) is 4.43. The average Bonchev–Trinajstić information content (AvgIpc) is 1.96. The maximum Gasteiger partial charge on any atom is 0.133 e. The van der Waals surface area contributed by atoms with Crippen LogP contribution in [0.25, 0.3) is 0 Å². The predicted molar refractivity (Wildman–Crippen MR) is 47.8 cm³/mol. The van der Waals surface area contributed by atoms with Crippen LogP contribution in [0.1, 0.15) is 33.6 Å². The van der Waals surface area contributed by atoms with Gasteiger partial charge in [-0.3, -0.25) is 4.79 Å². The number of aliphatic hydroxyl groups is 1. The van der Waals surface area contributed by atoms with Gasteiger partial charge in [0, 0.05) is 12.5 Å². The molecule has 1 aliphatic rings. The highest BCUT2D eigenvalue weighted by Crippen LogP contribution is 2.52. The Morgan fingerprint density at radius 1 is 1.58 bits per heavy atom. The Labute approximate surface area is 74.0 Å². The van der Waals surface area contributed by atoms with Gasteiger partial charge in [0.1, 0.15) is 5.78 Å². The van der Waals surface area contributed by atoms with Crippen LogP contribution in [-0.2, 0) is 4.79 Å². The van der Waals surface area contributed by atoms with Gasteiger partial charge in [0.05, 0.1) is 0 Å². The molecule has 0 saturated heterocycles. The number of hydrogen-bond donors (Lipinski definition) is 1. The molecule has 0 unspecified atom stereocenters. The van der Waals surface area contributed by atoms with Crippen molar-refractivity contribution in [3.05, 3.63) is 0 Å². The van der Waals surface area contributed by atoms with Crippen molar-refractivity contribution < 1.29 is 9.90 Å². The summed E-state index contributed by atoms with van der Waals surface area (Å²) in [5.74, 6) is 1.07. The maximum absolute atomic E-state index is 11.1. The van der Waals surface area contributed by atoms with Crippen LogP contribution in [0, 0.1) is 17.3 Å². The van der Waals surface area contributed by atoms with E-state index < -0.39 is 0 Å². The third kappa shape index (κ3) is 1.40. The summed E-state index contributed by atoms with van der Waals surface area (Å²) in [6.07, 6.45) is 1.82. The molecular weight excluding hydrogens is 153 g/mol. The average molecular weight is 171 g/mol. The van der Waals surface area contributed by atoms with Gasteiger partial charge in [-0.1, -0.05) is 13.8 Å². The summed E-state index contributed by atoms with van der Waals surface area (Å²) in [6.45, 7) is 6.17. The summed E-state index contributed by atoms with van der Waals surface area (Å²) in [6, 6.07) is 0. The fourth-order valence-corrected chi connectivity index (χ4v) is 2.35. The molecule has 12 heavy (non-hydrogen) atoms. The van der Waals surface area contributed by atoms with Gasteiger partial charge in [-0.2, -0.15) is 0 Å². The topological polar surface area (TPSA) is 37.3 Å². The Balaban J connectivity index is 2.53. The van der Waals surface area contributed by atoms with Gasteiger partial charge < -0.3 is 5.11 Å². The number of hydrogen-bond acceptors (Lipinski definition) is 2. The van der Waals surface area contributed by atoms with Crippen LogP contribution in [0.3, 0.4) is 0 Å². The van der Waals surface area contributed by atoms with Crippen molar-refractivity contribution in [3.63, 3.8) is 0 Å². The van der Waals surface area contributed by atoms with Gasteiger partial charge in [0.25, 0.3) is 0 Å². The first-order valence-corrected chi connectivity index (χ1v) is 4.61. The van der Waals surface area contributed by atoms with Gasteiger partial charge in [0.2, 0.25) is 0 Å². The number of aliphatic hydroxyl groups excluding tert-OH is 1. The van der Waals surface area contributed by atoms with Crippen molar-refractivity contribution in [2.24, 2.45) is 17.3 Å². The Morgan fingerprint density at radius 3 is 2.50 bits per heavy atom. The molecule has 70 valence electrons. The molecule has 2 atom stereocenters. The minimum absolute atomic E-state index is 0.120. The highest BCUT2D eigenvalue weighted by Gasteiger charge is 2.49. The van der Waals surface area contributed by atoms with Gasteiger partial charge in [0.15, 0.2) is 0 Å². The van der Waals surface area contributed by atoms with Gasteiger partial charge in [-0.05, 0) is 31.1 Å². The molecule has 1 N–H and O–H groups in total. The SMILES string of the molecule is CC1(C)[C@H](CCO)C[C@@H]1C([13CH3])=O. The second-order valence-electron chi connectivity index (χ2n) is 4.43. The minimum Gasteiger partial charge on any atom is -0.396 e. The van der Waals surface area contributed by atoms with E-state index in [0.717, 1.165) is 12.8 Å². The molecule has 2 nitrogen and oxygen atoms in total. The maximum atomic E-state index is 11.1. The molecule has 1 aliphatic carbocycles. The van der Waals surface area contributed by atoms with Crippen LogP contribution in [0.4, 0.5) is 0 Å². The van der Waals surface area contributed by atoms with E-state index in [9.17, 15) is 4.79 Å². The summed E-state index contributed by atoms with van der Waals surface area (Å²) < 4.78 is 0. The first-order chi connectivity index (χ1) is 5.50. The molecule has 0 radical (unpaired) electrons. The monoisotopic (exact) mass is 171 g/mol. The Kier molecular flexibility index (Phi) is 2.57. The Hall–Kier alpha value is -0.370. The first kappa shape index (κ1) is 9.72. The van der Waals surface area contributed by atoms with E-state index in [1.807, 2.05) is 0 Å². The lowest BCUT2D eigenvalue weighted by atomic mass is 9.53. The van der Waals surface area contributed by atoms with Crippen molar-refractivity contribution >= 4 is 5.78 Å². The molecule has 0 aromatic heterocycles. The fraction of sp³-hybridized carbons (Fsp3) is 0.900. The molecule has 1 saturated carbocycles. The lowest BCUT2D eigenvalue weighted by molar-refractivity contribution is -0.137. The molecule has 0 heterocycles. The Morgan fingerprint density at radius 2 is 2.17 bits per heavy atom. The first-order valence-electron chi connectivity index (χ1n) is 4.61. The van der Waals surface area contributed by atoms with E-state index in [0.29, 0.717) is 11.7 Å². The van der Waals surface area contributed by atoms with Crippen molar-refractivity contribution in [3.8, 4) is 0 Å². The molecule has 0 spiro atoms. The second kappa shape index (κ2) is 3.17. The molecule has 0 aromatic rings. The van der Waals surface area contributed by atoms with Crippen molar-refractivity contribution in [1.82, 2.24) is 0 Å². The third-order valence-electron chi connectivity index (χ3n) is 3.44. The number of carbonyl (C=O) groups is 1. The van der Waals surface area contributed by atoms with Crippen LogP contribution >= 0.6 is 0 Å². The summed E-state index contributed by atoms with van der Waals surface area (Å²) in [4.78, 5) is 11.1. The van der Waals surface area contributed by atoms with E-state index in [4.69, 9.17) is 5.11 Å². The van der Waals surface area contributed by atoms with E-state index in [1.165, 1.54) is 0 Å². The van der Waals surface area contributed by atoms with Crippen molar-refractivity contribution in [1.29, 1.82) is 0 Å². The van der Waals surface area contributed by atoms with E-state index in [-0.39, 0.29) is 17.9 Å². The summed E-state index contributed by atoms with van der Waals surface area (Å²) in [5, 5.41) is 8.77. The number of ketones is 1. The summed E-state index contributed by atoms with van der Waals surface area (Å²) >= 11 is 0. The molecule has 1 rings (SSSR count). The quantitative estimate of drug-likeness (QED) is 0.655. The van der Waals surface area contributed by atoms with E-state index >= 15 is 0 Å². The normalized spacial score (nSPS) is 32.7. The smallest absolute Gasteiger partial charge is 0.133 e. The van der Waals surface area contributed by atoms with Crippen LogP contribution in [0.5, 0.6) is 0 Å². The number of rotatable bonds is 3. The molecular formula is C10H18O2. The molecule has 0 amide bonds. The third-order valence-corrected chi connectivity index (χ3v) is 3.44. The number of Topliss-reactive ketones (excluding diaryl/α,β-unsaturated/α-hetero) is 1. The van der Waals surface area contributed by atoms with Gasteiger partial charge in [-0.15, -0.1) is 0 Å². The number of carbonyl (C=O) groups excluding carboxylic acids is 1. The zero-order valence-electron chi connectivity index (χ0n) is 8.13. The lowest BCUT2D eigenvalue weighted by Crippen LogP contribution is -2.48. The summed E-state index contributed by atoms with van der Waals surface area (Å²) in [5.41, 5.74) is 0.120. The Bertz CT molecular complexity index is 184. The molecule has 0 aromatic carbocycles. The molecule has 0 aliphatic heterocycles. The van der Waals surface area contributed by atoms with Crippen LogP contribution in [0.15, 0.2) is 0 Å². The zero-order chi connectivity index (χ0) is 9.35. The largest absolute Gasteiger partial charge is 0.396 e. The predicted octanol–water partition coefficient (Wildman–Crippen LogP) is 1.62. The summed E-state index contributed by atoms with van der Waals surface area (Å²) in [7, 11) is 0. The van der Waals surface area contributed by atoms with E-state index in [1.54, 1.807) is 6.92 Å². The minimum atomic E-state index is 0.120. The van der Waals surface area contributed by atoms with Crippen LogP contribution < -0.4 is 0 Å². The van der Waals surface area contributed by atoms with Crippen LogP contribution in [-0.4, -0.2) is 17.5 Å². The molecule has 0 bridgehead atoms. The standard InChI is InChI=1S/C10H18O2/c1-7(12)9-6-8(4-5-11)10(9,2)3/h8-9,11H,4-6H2,1-3H3/t8-,9-/m1/s1/i1+1. The molecule has 2 heteroatoms. The highest BCUT2D eigenvalue weighted by atomic mass is 16.3.